The fraction of sp³-hybridized carbons (Fsp3) is 0.917. The highest BCUT2D eigenvalue weighted by molar-refractivity contribution is 5.81. The summed E-state index contributed by atoms with van der Waals surface area (Å²) in [6, 6.07) is 0. The van der Waals surface area contributed by atoms with Crippen LogP contribution >= 0.6 is 0 Å². The minimum Gasteiger partial charge on any atom is -0.396 e. The third kappa shape index (κ3) is 27.3. The first-order valence-corrected chi connectivity index (χ1v) is 17.6. The average Bonchev–Trinajstić information content (AvgIpc) is 2.93. The summed E-state index contributed by atoms with van der Waals surface area (Å²) in [5.74, 6) is -0.531. The Morgan fingerprint density at radius 2 is 0.897 bits per heavy atom. The molecule has 0 radical (unpaired) electrons. The zero-order valence-corrected chi connectivity index (χ0v) is 26.6. The molecule has 0 spiro atoms. The molecule has 0 rings (SSSR count). The Labute approximate surface area is 245 Å². The molecule has 2 atom stereocenters. The zero-order chi connectivity index (χ0) is 28.7. The van der Waals surface area contributed by atoms with Gasteiger partial charge in [0.2, 0.25) is 0 Å². The quantitative estimate of drug-likeness (QED) is 0.0646. The van der Waals surface area contributed by atoms with Gasteiger partial charge in [-0.3, -0.25) is 4.79 Å². The summed E-state index contributed by atoms with van der Waals surface area (Å²) in [7, 11) is 0. The van der Waals surface area contributed by atoms with Gasteiger partial charge in [0.05, 0.1) is 18.6 Å². The minimum absolute atomic E-state index is 0.0531. The predicted octanol–water partition coefficient (Wildman–Crippen LogP) is 11.0. The Morgan fingerprint density at radius 1 is 0.538 bits per heavy atom. The molecule has 0 saturated heterocycles. The van der Waals surface area contributed by atoms with Crippen LogP contribution in [0.25, 0.3) is 0 Å². The number of carbonyl (C=O) groups excluding carboxylic acids is 1. The lowest BCUT2D eigenvalue weighted by atomic mass is 9.91. The molecule has 0 aliphatic heterocycles. The van der Waals surface area contributed by atoms with Gasteiger partial charge in [0, 0.05) is 6.42 Å². The first-order chi connectivity index (χ1) is 19.2. The topological polar surface area (TPSA) is 57.5 Å². The van der Waals surface area contributed by atoms with Crippen molar-refractivity contribution in [3.05, 3.63) is 12.2 Å². The second kappa shape index (κ2) is 31.9. The van der Waals surface area contributed by atoms with E-state index in [4.69, 9.17) is 0 Å². The van der Waals surface area contributed by atoms with Crippen LogP contribution in [0, 0.1) is 5.92 Å². The lowest BCUT2D eigenvalue weighted by molar-refractivity contribution is -0.128. The number of hydrogen-bond acceptors (Lipinski definition) is 3. The van der Waals surface area contributed by atoms with Gasteiger partial charge in [-0.15, -0.1) is 0 Å². The zero-order valence-electron chi connectivity index (χ0n) is 26.6. The number of aliphatic hydroxyl groups is 2. The number of ketones is 1. The molecule has 0 saturated carbocycles. The molecular formula is C36H70O3. The predicted molar refractivity (Wildman–Crippen MR) is 171 cm³/mol. The molecule has 0 aromatic heterocycles. The number of rotatable bonds is 32. The number of hydrogen-bond donors (Lipinski definition) is 2. The van der Waals surface area contributed by atoms with Crippen molar-refractivity contribution in [3.63, 3.8) is 0 Å². The Balaban J connectivity index is 3.59. The fourth-order valence-corrected chi connectivity index (χ4v) is 5.57. The maximum Gasteiger partial charge on any atom is 0.140 e. The summed E-state index contributed by atoms with van der Waals surface area (Å²) in [5.41, 5.74) is 0. The fourth-order valence-electron chi connectivity index (χ4n) is 5.57. The van der Waals surface area contributed by atoms with Crippen LogP contribution in [0.3, 0.4) is 0 Å². The number of aliphatic hydroxyl groups excluding tert-OH is 2. The Kier molecular flexibility index (Phi) is 31.3. The third-order valence-electron chi connectivity index (χ3n) is 8.36. The summed E-state index contributed by atoms with van der Waals surface area (Å²) in [4.78, 5) is 12.6. The van der Waals surface area contributed by atoms with Crippen molar-refractivity contribution >= 4 is 5.78 Å². The summed E-state index contributed by atoms with van der Waals surface area (Å²) >= 11 is 0. The van der Waals surface area contributed by atoms with E-state index in [0.717, 1.165) is 25.7 Å². The first kappa shape index (κ1) is 38.3. The van der Waals surface area contributed by atoms with Crippen LogP contribution < -0.4 is 0 Å². The summed E-state index contributed by atoms with van der Waals surface area (Å²) in [5, 5.41) is 20.2. The second-order valence-electron chi connectivity index (χ2n) is 12.2. The Bertz CT molecular complexity index is 515. The van der Waals surface area contributed by atoms with Gasteiger partial charge < -0.3 is 10.2 Å². The third-order valence-corrected chi connectivity index (χ3v) is 8.36. The molecule has 0 heterocycles. The van der Waals surface area contributed by atoms with E-state index in [1.807, 2.05) is 0 Å². The maximum absolute atomic E-state index is 12.6. The van der Waals surface area contributed by atoms with Crippen molar-refractivity contribution in [1.29, 1.82) is 0 Å². The second-order valence-corrected chi connectivity index (χ2v) is 12.2. The van der Waals surface area contributed by atoms with Crippen LogP contribution in [0.2, 0.25) is 0 Å². The van der Waals surface area contributed by atoms with Crippen molar-refractivity contribution in [1.82, 2.24) is 0 Å². The van der Waals surface area contributed by atoms with E-state index in [-0.39, 0.29) is 12.4 Å². The molecule has 0 amide bonds. The van der Waals surface area contributed by atoms with E-state index in [1.54, 1.807) is 0 Å². The molecule has 0 aliphatic rings. The van der Waals surface area contributed by atoms with Crippen molar-refractivity contribution < 1.29 is 15.0 Å². The molecule has 2 N–H and O–H groups in total. The average molecular weight is 551 g/mol. The maximum atomic E-state index is 12.6. The van der Waals surface area contributed by atoms with E-state index in [2.05, 4.69) is 26.0 Å². The van der Waals surface area contributed by atoms with Gasteiger partial charge >= 0.3 is 0 Å². The van der Waals surface area contributed by atoms with Crippen LogP contribution in [-0.4, -0.2) is 28.7 Å². The molecule has 0 fully saturated rings. The molecule has 0 bridgehead atoms. The van der Waals surface area contributed by atoms with Crippen LogP contribution in [0.4, 0.5) is 0 Å². The smallest absolute Gasteiger partial charge is 0.140 e. The van der Waals surface area contributed by atoms with Gasteiger partial charge in [0.1, 0.15) is 5.78 Å². The number of allylic oxidation sites excluding steroid dienone is 2. The number of unbranched alkanes of at least 4 members (excludes halogenated alkanes) is 23. The minimum atomic E-state index is -0.682. The van der Waals surface area contributed by atoms with E-state index in [0.29, 0.717) is 12.8 Å². The molecule has 0 aromatic carbocycles. The van der Waals surface area contributed by atoms with Crippen molar-refractivity contribution in [2.75, 3.05) is 6.61 Å². The number of Topliss-reactive ketones (excluding diaryl/α,β-unsaturated/α-hetero) is 1. The largest absolute Gasteiger partial charge is 0.396 e. The molecule has 3 nitrogen and oxygen atoms in total. The van der Waals surface area contributed by atoms with E-state index < -0.39 is 12.0 Å². The van der Waals surface area contributed by atoms with Gasteiger partial charge in [-0.2, -0.15) is 0 Å². The van der Waals surface area contributed by atoms with E-state index >= 15 is 0 Å². The monoisotopic (exact) mass is 551 g/mol. The highest BCUT2D eigenvalue weighted by Crippen LogP contribution is 2.18. The highest BCUT2D eigenvalue weighted by atomic mass is 16.3. The standard InChI is InChI=1S/C36H70O3/c1-3-5-7-9-11-13-15-17-18-20-22-24-26-28-30-32-36(39)34(33-37)35(38)31-29-27-25-23-21-19-16-14-12-10-8-6-4-2/h17-18,34-35,37-38H,3-16,19-33H2,1-2H3/b18-17-. The van der Waals surface area contributed by atoms with Gasteiger partial charge in [-0.1, -0.05) is 161 Å². The SMILES string of the molecule is CCCCCCCC/C=C\CCCCCCCC(=O)C(CO)C(O)CCCCCCCCCCCCCCC. The molecule has 39 heavy (non-hydrogen) atoms. The van der Waals surface area contributed by atoms with Crippen LogP contribution in [-0.2, 0) is 4.79 Å². The highest BCUT2D eigenvalue weighted by Gasteiger charge is 2.25. The molecule has 232 valence electrons. The van der Waals surface area contributed by atoms with Gasteiger partial charge in [-0.05, 0) is 38.5 Å². The van der Waals surface area contributed by atoms with Crippen molar-refractivity contribution in [2.45, 2.75) is 200 Å². The summed E-state index contributed by atoms with van der Waals surface area (Å²) in [6.45, 7) is 4.32. The van der Waals surface area contributed by atoms with Crippen molar-refractivity contribution in [2.24, 2.45) is 5.92 Å². The van der Waals surface area contributed by atoms with E-state index in [1.165, 1.54) is 141 Å². The lowest BCUT2D eigenvalue weighted by Crippen LogP contribution is -2.31. The van der Waals surface area contributed by atoms with Gasteiger partial charge in [0.25, 0.3) is 0 Å². The van der Waals surface area contributed by atoms with E-state index in [9.17, 15) is 15.0 Å². The summed E-state index contributed by atoms with van der Waals surface area (Å²) < 4.78 is 0. The Hall–Kier alpha value is -0.670. The number of carbonyl (C=O) groups is 1. The molecular weight excluding hydrogens is 480 g/mol. The normalized spacial score (nSPS) is 13.3. The van der Waals surface area contributed by atoms with Gasteiger partial charge in [-0.25, -0.2) is 0 Å². The Morgan fingerprint density at radius 3 is 1.31 bits per heavy atom. The molecule has 2 unspecified atom stereocenters. The van der Waals surface area contributed by atoms with Crippen LogP contribution in [0.1, 0.15) is 194 Å². The summed E-state index contributed by atoms with van der Waals surface area (Å²) in [6.07, 6.45) is 38.3. The van der Waals surface area contributed by atoms with Crippen molar-refractivity contribution in [3.8, 4) is 0 Å². The molecule has 3 heteroatoms. The first-order valence-electron chi connectivity index (χ1n) is 17.6. The van der Waals surface area contributed by atoms with Crippen LogP contribution in [0.5, 0.6) is 0 Å². The molecule has 0 aliphatic carbocycles. The molecule has 0 aromatic rings. The lowest BCUT2D eigenvalue weighted by Gasteiger charge is -2.19. The van der Waals surface area contributed by atoms with Crippen LogP contribution in [0.15, 0.2) is 12.2 Å². The van der Waals surface area contributed by atoms with Gasteiger partial charge in [0.15, 0.2) is 0 Å².